The lowest BCUT2D eigenvalue weighted by atomic mass is 9.95. The maximum atomic E-state index is 12.5. The van der Waals surface area contributed by atoms with Gasteiger partial charge < -0.3 is 4.90 Å². The topological polar surface area (TPSA) is 37.4 Å². The van der Waals surface area contributed by atoms with Crippen molar-refractivity contribution in [3.8, 4) is 0 Å². The molecule has 0 N–H and O–H groups in total. The van der Waals surface area contributed by atoms with E-state index in [1.54, 1.807) is 12.1 Å². The van der Waals surface area contributed by atoms with Gasteiger partial charge in [0.15, 0.2) is 0 Å². The molecule has 1 aromatic rings. The Kier molecular flexibility index (Phi) is 5.43. The van der Waals surface area contributed by atoms with Crippen LogP contribution in [-0.4, -0.2) is 33.1 Å². The van der Waals surface area contributed by atoms with Gasteiger partial charge in [0.25, 0.3) is 0 Å². The highest BCUT2D eigenvalue weighted by molar-refractivity contribution is 7.91. The minimum Gasteiger partial charge on any atom is -0.371 e. The van der Waals surface area contributed by atoms with Gasteiger partial charge in [0.05, 0.1) is 4.90 Å². The van der Waals surface area contributed by atoms with Crippen LogP contribution in [0.25, 0.3) is 0 Å². The Hall–Kier alpha value is -0.880. The first-order valence-electron chi connectivity index (χ1n) is 6.88. The Morgan fingerprint density at radius 2 is 1.95 bits per heavy atom. The van der Waals surface area contributed by atoms with Crippen LogP contribution >= 0.6 is 11.6 Å². The third-order valence-electron chi connectivity index (χ3n) is 3.80. The number of anilines is 1. The number of hydrogen-bond acceptors (Lipinski definition) is 3. The minimum absolute atomic E-state index is 0.337. The van der Waals surface area contributed by atoms with Gasteiger partial charge in [0, 0.05) is 24.7 Å². The molecule has 1 aliphatic heterocycles. The van der Waals surface area contributed by atoms with E-state index in [9.17, 15) is 17.2 Å². The first-order valence-corrected chi connectivity index (χ1v) is 8.96. The second kappa shape index (κ2) is 6.92. The molecule has 2 rings (SSSR count). The average molecular weight is 338 g/mol. The summed E-state index contributed by atoms with van der Waals surface area (Å²) >= 11 is 5.77. The number of rotatable bonds is 5. The molecule has 1 aromatic carbocycles. The van der Waals surface area contributed by atoms with Crippen molar-refractivity contribution in [2.45, 2.75) is 29.9 Å². The van der Waals surface area contributed by atoms with Crippen LogP contribution in [0.15, 0.2) is 29.2 Å². The molecule has 1 aliphatic rings. The smallest absolute Gasteiger partial charge is 0.341 e. The van der Waals surface area contributed by atoms with Crippen LogP contribution in [0.4, 0.5) is 14.5 Å². The minimum atomic E-state index is -4.51. The van der Waals surface area contributed by atoms with Gasteiger partial charge in [-0.1, -0.05) is 0 Å². The van der Waals surface area contributed by atoms with Gasteiger partial charge in [-0.2, -0.15) is 8.78 Å². The lowest BCUT2D eigenvalue weighted by Gasteiger charge is -2.34. The number of alkyl halides is 3. The molecule has 0 aliphatic carbocycles. The van der Waals surface area contributed by atoms with Crippen molar-refractivity contribution >= 4 is 27.1 Å². The molecule has 0 aromatic heterocycles. The van der Waals surface area contributed by atoms with Gasteiger partial charge >= 0.3 is 5.76 Å². The molecule has 1 heterocycles. The van der Waals surface area contributed by atoms with Crippen molar-refractivity contribution in [2.75, 3.05) is 23.9 Å². The molecular weight excluding hydrogens is 320 g/mol. The quantitative estimate of drug-likeness (QED) is 0.771. The van der Waals surface area contributed by atoms with Crippen LogP contribution in [0.5, 0.6) is 0 Å². The molecule has 0 bridgehead atoms. The lowest BCUT2D eigenvalue weighted by molar-refractivity contribution is 0.234. The summed E-state index contributed by atoms with van der Waals surface area (Å²) in [5.41, 5.74) is 0.863. The number of piperidine rings is 1. The lowest BCUT2D eigenvalue weighted by Crippen LogP contribution is -2.35. The third kappa shape index (κ3) is 3.86. The van der Waals surface area contributed by atoms with Gasteiger partial charge in [-0.05, 0) is 49.4 Å². The number of halogens is 3. The number of hydrogen-bond donors (Lipinski definition) is 0. The molecule has 118 valence electrons. The molecule has 0 amide bonds. The summed E-state index contributed by atoms with van der Waals surface area (Å²) in [5.74, 6) is -2.23. The summed E-state index contributed by atoms with van der Waals surface area (Å²) in [6.07, 6.45) is 3.15. The summed E-state index contributed by atoms with van der Waals surface area (Å²) in [5, 5.41) is 0. The second-order valence-corrected chi connectivity index (χ2v) is 7.53. The fourth-order valence-corrected chi connectivity index (χ4v) is 3.67. The highest BCUT2D eigenvalue weighted by Crippen LogP contribution is 2.27. The fraction of sp³-hybridized carbons (Fsp3) is 0.571. The van der Waals surface area contributed by atoms with Gasteiger partial charge in [-0.25, -0.2) is 8.42 Å². The van der Waals surface area contributed by atoms with E-state index >= 15 is 0 Å². The van der Waals surface area contributed by atoms with E-state index in [-0.39, 0.29) is 4.90 Å². The largest absolute Gasteiger partial charge is 0.371 e. The molecular formula is C14H18ClF2NO2S. The zero-order chi connectivity index (χ0) is 15.5. The summed E-state index contributed by atoms with van der Waals surface area (Å²) in [6.45, 7) is 1.76. The number of sulfone groups is 1. The Bertz CT molecular complexity index is 561. The van der Waals surface area contributed by atoms with E-state index in [1.165, 1.54) is 12.1 Å². The van der Waals surface area contributed by atoms with Crippen molar-refractivity contribution in [1.29, 1.82) is 0 Å². The standard InChI is InChI=1S/C14H18ClF2NO2S/c15-8-7-11-2-1-9-18(10-11)12-3-5-13(6-4-12)21(19,20)14(16)17/h3-6,11,14H,1-2,7-10H2. The summed E-state index contributed by atoms with van der Waals surface area (Å²) < 4.78 is 47.7. The number of nitrogens with zero attached hydrogens (tertiary/aromatic N) is 1. The van der Waals surface area contributed by atoms with Gasteiger partial charge in [-0.3, -0.25) is 0 Å². The molecule has 7 heteroatoms. The highest BCUT2D eigenvalue weighted by atomic mass is 35.5. The van der Waals surface area contributed by atoms with Crippen LogP contribution in [-0.2, 0) is 9.84 Å². The maximum Gasteiger partial charge on any atom is 0.341 e. The highest BCUT2D eigenvalue weighted by Gasteiger charge is 2.27. The zero-order valence-electron chi connectivity index (χ0n) is 11.5. The fourth-order valence-electron chi connectivity index (χ4n) is 2.64. The molecule has 21 heavy (non-hydrogen) atoms. The number of benzene rings is 1. The van der Waals surface area contributed by atoms with E-state index < -0.39 is 15.6 Å². The molecule has 1 saturated heterocycles. The van der Waals surface area contributed by atoms with E-state index in [0.29, 0.717) is 11.8 Å². The molecule has 0 radical (unpaired) electrons. The van der Waals surface area contributed by atoms with Crippen LogP contribution < -0.4 is 4.90 Å². The summed E-state index contributed by atoms with van der Waals surface area (Å²) in [7, 11) is -4.51. The summed E-state index contributed by atoms with van der Waals surface area (Å²) in [6, 6.07) is 5.70. The SMILES string of the molecule is O=S(=O)(c1ccc(N2CCCC(CCCl)C2)cc1)C(F)F. The van der Waals surface area contributed by atoms with Crippen LogP contribution in [0, 0.1) is 5.92 Å². The second-order valence-electron chi connectivity index (χ2n) is 5.23. The van der Waals surface area contributed by atoms with Crippen LogP contribution in [0.1, 0.15) is 19.3 Å². The van der Waals surface area contributed by atoms with E-state index in [4.69, 9.17) is 11.6 Å². The molecule has 0 spiro atoms. The maximum absolute atomic E-state index is 12.5. The summed E-state index contributed by atoms with van der Waals surface area (Å²) in [4.78, 5) is 1.81. The Morgan fingerprint density at radius 3 is 2.52 bits per heavy atom. The Balaban J connectivity index is 2.12. The first-order chi connectivity index (χ1) is 9.95. The Labute approximate surface area is 128 Å². The van der Waals surface area contributed by atoms with Gasteiger partial charge in [0.1, 0.15) is 0 Å². The van der Waals surface area contributed by atoms with E-state index in [1.807, 2.05) is 0 Å². The molecule has 1 fully saturated rings. The average Bonchev–Trinajstić information content (AvgIpc) is 2.48. The Morgan fingerprint density at radius 1 is 1.29 bits per heavy atom. The van der Waals surface area contributed by atoms with E-state index in [0.717, 1.165) is 38.0 Å². The molecule has 1 atom stereocenters. The van der Waals surface area contributed by atoms with Crippen molar-refractivity contribution < 1.29 is 17.2 Å². The third-order valence-corrected chi connectivity index (χ3v) is 5.42. The molecule has 1 unspecified atom stereocenters. The van der Waals surface area contributed by atoms with Crippen LogP contribution in [0.3, 0.4) is 0 Å². The zero-order valence-corrected chi connectivity index (χ0v) is 13.1. The molecule has 3 nitrogen and oxygen atoms in total. The van der Waals surface area contributed by atoms with Crippen molar-refractivity contribution in [3.05, 3.63) is 24.3 Å². The van der Waals surface area contributed by atoms with Crippen molar-refractivity contribution in [3.63, 3.8) is 0 Å². The van der Waals surface area contributed by atoms with Crippen molar-refractivity contribution in [2.24, 2.45) is 5.92 Å². The van der Waals surface area contributed by atoms with E-state index in [2.05, 4.69) is 4.90 Å². The first kappa shape index (κ1) is 16.5. The van der Waals surface area contributed by atoms with Crippen molar-refractivity contribution in [1.82, 2.24) is 0 Å². The van der Waals surface area contributed by atoms with Crippen LogP contribution in [0.2, 0.25) is 0 Å². The predicted octanol–water partition coefficient (Wildman–Crippen LogP) is 3.53. The molecule has 0 saturated carbocycles. The van der Waals surface area contributed by atoms with Gasteiger partial charge in [-0.15, -0.1) is 11.6 Å². The van der Waals surface area contributed by atoms with Gasteiger partial charge in [0.2, 0.25) is 9.84 Å². The monoisotopic (exact) mass is 337 g/mol. The normalized spacial score (nSPS) is 20.0. The predicted molar refractivity (Wildman–Crippen MR) is 79.9 cm³/mol.